The summed E-state index contributed by atoms with van der Waals surface area (Å²) >= 11 is 6.76. The van der Waals surface area contributed by atoms with Crippen molar-refractivity contribution in [3.8, 4) is 0 Å². The van der Waals surface area contributed by atoms with Crippen molar-refractivity contribution in [3.63, 3.8) is 0 Å². The molecule has 0 fully saturated rings. The summed E-state index contributed by atoms with van der Waals surface area (Å²) in [5.74, 6) is 0. The van der Waals surface area contributed by atoms with E-state index in [1.807, 2.05) is 30.5 Å². The van der Waals surface area contributed by atoms with E-state index >= 15 is 0 Å². The Bertz CT molecular complexity index is 538. The van der Waals surface area contributed by atoms with Crippen LogP contribution in [-0.2, 0) is 6.54 Å². The molecule has 0 saturated heterocycles. The normalized spacial score (nSPS) is 10.3. The van der Waals surface area contributed by atoms with Gasteiger partial charge >= 0.3 is 0 Å². The third kappa shape index (κ3) is 2.86. The third-order valence-electron chi connectivity index (χ3n) is 2.56. The van der Waals surface area contributed by atoms with Crippen LogP contribution in [0.4, 0.5) is 5.69 Å². The van der Waals surface area contributed by atoms with E-state index in [2.05, 4.69) is 5.32 Å². The zero-order chi connectivity index (χ0) is 13.0. The Hall–Kier alpha value is -1.46. The summed E-state index contributed by atoms with van der Waals surface area (Å²) < 4.78 is 5.03. The van der Waals surface area contributed by atoms with E-state index in [0.29, 0.717) is 11.5 Å². The SMILES string of the molecule is CSc1cccc(NCc2ccoc2)c1C(N)=S. The molecule has 0 radical (unpaired) electrons. The molecule has 1 aromatic heterocycles. The molecule has 0 aliphatic heterocycles. The van der Waals surface area contributed by atoms with E-state index in [9.17, 15) is 0 Å². The van der Waals surface area contributed by atoms with Gasteiger partial charge in [-0.25, -0.2) is 0 Å². The lowest BCUT2D eigenvalue weighted by Gasteiger charge is -2.13. The second-order valence-corrected chi connectivity index (χ2v) is 5.02. The first kappa shape index (κ1) is 13.0. The molecule has 0 atom stereocenters. The highest BCUT2D eigenvalue weighted by Crippen LogP contribution is 2.27. The van der Waals surface area contributed by atoms with Crippen LogP contribution in [0.25, 0.3) is 0 Å². The van der Waals surface area contributed by atoms with Gasteiger partial charge in [-0.15, -0.1) is 11.8 Å². The predicted octanol–water partition coefficient (Wildman–Crippen LogP) is 3.25. The molecule has 1 heterocycles. The number of thiocarbonyl (C=S) groups is 1. The average Bonchev–Trinajstić information content (AvgIpc) is 2.88. The van der Waals surface area contributed by atoms with Crippen molar-refractivity contribution in [1.29, 1.82) is 0 Å². The van der Waals surface area contributed by atoms with E-state index in [-0.39, 0.29) is 0 Å². The number of hydrogen-bond acceptors (Lipinski definition) is 4. The first-order chi connectivity index (χ1) is 8.72. The summed E-state index contributed by atoms with van der Waals surface area (Å²) in [4.78, 5) is 1.49. The molecule has 0 aliphatic rings. The Morgan fingerprint density at radius 2 is 2.28 bits per heavy atom. The monoisotopic (exact) mass is 278 g/mol. The van der Waals surface area contributed by atoms with Crippen LogP contribution in [0, 0.1) is 0 Å². The van der Waals surface area contributed by atoms with Crippen LogP contribution >= 0.6 is 24.0 Å². The van der Waals surface area contributed by atoms with Gasteiger partial charge in [-0.1, -0.05) is 18.3 Å². The number of nitrogens with two attached hydrogens (primary N) is 1. The summed E-state index contributed by atoms with van der Waals surface area (Å²) in [5.41, 5.74) is 8.74. The zero-order valence-corrected chi connectivity index (χ0v) is 11.6. The molecule has 0 saturated carbocycles. The fourth-order valence-electron chi connectivity index (χ4n) is 1.69. The van der Waals surface area contributed by atoms with Crippen LogP contribution in [0.5, 0.6) is 0 Å². The fraction of sp³-hybridized carbons (Fsp3) is 0.154. The number of nitrogens with one attached hydrogen (secondary N) is 1. The highest BCUT2D eigenvalue weighted by atomic mass is 32.2. The fourth-order valence-corrected chi connectivity index (χ4v) is 2.62. The topological polar surface area (TPSA) is 51.2 Å². The number of benzene rings is 1. The Balaban J connectivity index is 2.24. The molecular formula is C13H14N2OS2. The maximum absolute atomic E-state index is 5.80. The second kappa shape index (κ2) is 5.93. The molecule has 2 rings (SSSR count). The first-order valence-corrected chi connectivity index (χ1v) is 7.07. The van der Waals surface area contributed by atoms with E-state index < -0.39 is 0 Å². The van der Waals surface area contributed by atoms with Gasteiger partial charge in [0.25, 0.3) is 0 Å². The average molecular weight is 278 g/mol. The number of rotatable bonds is 5. The minimum absolute atomic E-state index is 0.412. The molecule has 3 nitrogen and oxygen atoms in total. The summed E-state index contributed by atoms with van der Waals surface area (Å²) in [6.45, 7) is 0.684. The molecule has 0 unspecified atom stereocenters. The van der Waals surface area contributed by atoms with Gasteiger partial charge in [0, 0.05) is 28.3 Å². The molecular weight excluding hydrogens is 264 g/mol. The maximum atomic E-state index is 5.80. The lowest BCUT2D eigenvalue weighted by molar-refractivity contribution is 0.564. The number of hydrogen-bond donors (Lipinski definition) is 2. The standard InChI is InChI=1S/C13H14N2OS2/c1-18-11-4-2-3-10(12(11)13(14)17)15-7-9-5-6-16-8-9/h2-6,8,15H,7H2,1H3,(H2,14,17). The van der Waals surface area contributed by atoms with Gasteiger partial charge in [0.15, 0.2) is 0 Å². The largest absolute Gasteiger partial charge is 0.472 e. The van der Waals surface area contributed by atoms with Crippen LogP contribution in [0.3, 0.4) is 0 Å². The minimum Gasteiger partial charge on any atom is -0.472 e. The van der Waals surface area contributed by atoms with Crippen molar-refractivity contribution in [1.82, 2.24) is 0 Å². The lowest BCUT2D eigenvalue weighted by Crippen LogP contribution is -2.14. The van der Waals surface area contributed by atoms with E-state index in [0.717, 1.165) is 21.7 Å². The molecule has 3 N–H and O–H groups in total. The first-order valence-electron chi connectivity index (χ1n) is 5.44. The number of anilines is 1. The molecule has 0 bridgehead atoms. The van der Waals surface area contributed by atoms with Crippen molar-refractivity contribution in [2.24, 2.45) is 5.73 Å². The molecule has 94 valence electrons. The second-order valence-electron chi connectivity index (χ2n) is 3.73. The molecule has 5 heteroatoms. The Morgan fingerprint density at radius 1 is 1.44 bits per heavy atom. The van der Waals surface area contributed by atoms with Gasteiger partial charge in [-0.2, -0.15) is 0 Å². The molecule has 0 spiro atoms. The molecule has 0 aliphatic carbocycles. The van der Waals surface area contributed by atoms with Crippen LogP contribution in [0.15, 0.2) is 46.1 Å². The van der Waals surface area contributed by atoms with Crippen LogP contribution in [-0.4, -0.2) is 11.2 Å². The smallest absolute Gasteiger partial charge is 0.107 e. The Morgan fingerprint density at radius 3 is 2.89 bits per heavy atom. The Labute approximate surface area is 116 Å². The van der Waals surface area contributed by atoms with Crippen molar-refractivity contribution >= 4 is 34.7 Å². The maximum Gasteiger partial charge on any atom is 0.107 e. The van der Waals surface area contributed by atoms with Gasteiger partial charge in [0.2, 0.25) is 0 Å². The third-order valence-corrected chi connectivity index (χ3v) is 3.54. The highest BCUT2D eigenvalue weighted by Gasteiger charge is 2.10. The van der Waals surface area contributed by atoms with Gasteiger partial charge in [-0.05, 0) is 24.5 Å². The summed E-state index contributed by atoms with van der Waals surface area (Å²) in [6, 6.07) is 7.91. The summed E-state index contributed by atoms with van der Waals surface area (Å²) in [5, 5.41) is 3.33. The summed E-state index contributed by atoms with van der Waals surface area (Å²) in [6.07, 6.45) is 5.38. The van der Waals surface area contributed by atoms with Crippen LogP contribution in [0.2, 0.25) is 0 Å². The van der Waals surface area contributed by atoms with E-state index in [1.165, 1.54) is 0 Å². The van der Waals surface area contributed by atoms with E-state index in [1.54, 1.807) is 24.3 Å². The zero-order valence-electron chi connectivity index (χ0n) is 9.97. The van der Waals surface area contributed by atoms with Crippen molar-refractivity contribution in [3.05, 3.63) is 47.9 Å². The molecule has 1 aromatic carbocycles. The van der Waals surface area contributed by atoms with Crippen LogP contribution in [0.1, 0.15) is 11.1 Å². The minimum atomic E-state index is 0.412. The predicted molar refractivity (Wildman–Crippen MR) is 80.1 cm³/mol. The van der Waals surface area contributed by atoms with Crippen LogP contribution < -0.4 is 11.1 Å². The quantitative estimate of drug-likeness (QED) is 0.649. The number of thioether (sulfide) groups is 1. The molecule has 18 heavy (non-hydrogen) atoms. The van der Waals surface area contributed by atoms with Crippen molar-refractivity contribution in [2.75, 3.05) is 11.6 Å². The molecule has 2 aromatic rings. The van der Waals surface area contributed by atoms with Crippen molar-refractivity contribution in [2.45, 2.75) is 11.4 Å². The Kier molecular flexibility index (Phi) is 4.28. The van der Waals surface area contributed by atoms with Crippen molar-refractivity contribution < 1.29 is 4.42 Å². The van der Waals surface area contributed by atoms with Gasteiger partial charge in [0.05, 0.1) is 12.5 Å². The molecule has 0 amide bonds. The van der Waals surface area contributed by atoms with Gasteiger partial charge in [-0.3, -0.25) is 0 Å². The highest BCUT2D eigenvalue weighted by molar-refractivity contribution is 7.98. The van der Waals surface area contributed by atoms with Gasteiger partial charge in [0.1, 0.15) is 4.99 Å². The lowest BCUT2D eigenvalue weighted by atomic mass is 10.1. The van der Waals surface area contributed by atoms with Gasteiger partial charge < -0.3 is 15.5 Å². The summed E-state index contributed by atoms with van der Waals surface area (Å²) in [7, 11) is 0. The number of furan rings is 1. The van der Waals surface area contributed by atoms with E-state index in [4.69, 9.17) is 22.4 Å².